The van der Waals surface area contributed by atoms with E-state index >= 15 is 0 Å². The SMILES string of the molecule is COCc1noc(CN2CCCC3(CCC(=O)N(Cc4ccccn4)C3)C2)n1. The van der Waals surface area contributed by atoms with Gasteiger partial charge in [-0.25, -0.2) is 0 Å². The summed E-state index contributed by atoms with van der Waals surface area (Å²) in [6.07, 6.45) is 5.60. The number of hydrogen-bond acceptors (Lipinski definition) is 7. The Labute approximate surface area is 164 Å². The van der Waals surface area contributed by atoms with Crippen LogP contribution in [-0.4, -0.2) is 57.6 Å². The van der Waals surface area contributed by atoms with E-state index in [9.17, 15) is 4.79 Å². The number of hydrogen-bond donors (Lipinski definition) is 0. The summed E-state index contributed by atoms with van der Waals surface area (Å²) < 4.78 is 10.4. The van der Waals surface area contributed by atoms with Gasteiger partial charge in [-0.15, -0.1) is 0 Å². The van der Waals surface area contributed by atoms with Crippen molar-refractivity contribution in [3.63, 3.8) is 0 Å². The summed E-state index contributed by atoms with van der Waals surface area (Å²) in [6.45, 7) is 4.34. The van der Waals surface area contributed by atoms with Crippen LogP contribution in [0.15, 0.2) is 28.9 Å². The number of methoxy groups -OCH3 is 1. The number of pyridine rings is 1. The molecule has 8 nitrogen and oxygen atoms in total. The van der Waals surface area contributed by atoms with Crippen molar-refractivity contribution in [3.05, 3.63) is 41.8 Å². The fourth-order valence-corrected chi connectivity index (χ4v) is 4.45. The standard InChI is InChI=1S/C20H27N5O3/c1-27-13-17-22-18(28-23-17)12-24-10-4-7-20(14-24)8-6-19(26)25(15-20)11-16-5-2-3-9-21-16/h2-3,5,9H,4,6-8,10-15H2,1H3. The molecule has 4 rings (SSSR count). The van der Waals surface area contributed by atoms with Crippen LogP contribution in [0.25, 0.3) is 0 Å². The second-order valence-corrected chi connectivity index (χ2v) is 7.92. The van der Waals surface area contributed by atoms with Crippen LogP contribution in [0.4, 0.5) is 0 Å². The molecule has 1 atom stereocenters. The molecule has 0 aromatic carbocycles. The normalized spacial score (nSPS) is 23.5. The van der Waals surface area contributed by atoms with E-state index in [2.05, 4.69) is 20.0 Å². The number of ether oxygens (including phenoxy) is 1. The Morgan fingerprint density at radius 2 is 2.18 bits per heavy atom. The van der Waals surface area contributed by atoms with Crippen molar-refractivity contribution in [3.8, 4) is 0 Å². The van der Waals surface area contributed by atoms with E-state index in [4.69, 9.17) is 9.26 Å². The molecule has 8 heteroatoms. The third-order valence-electron chi connectivity index (χ3n) is 5.71. The fourth-order valence-electron chi connectivity index (χ4n) is 4.45. The van der Waals surface area contributed by atoms with Gasteiger partial charge in [-0.3, -0.25) is 14.7 Å². The van der Waals surface area contributed by atoms with Gasteiger partial charge in [0.2, 0.25) is 11.8 Å². The predicted molar refractivity (Wildman–Crippen MR) is 101 cm³/mol. The maximum atomic E-state index is 12.5. The molecule has 2 fully saturated rings. The first kappa shape index (κ1) is 19.0. The van der Waals surface area contributed by atoms with E-state index in [-0.39, 0.29) is 11.3 Å². The predicted octanol–water partition coefficient (Wildman–Crippen LogP) is 2.02. The van der Waals surface area contributed by atoms with Crippen LogP contribution in [0.1, 0.15) is 43.1 Å². The van der Waals surface area contributed by atoms with Crippen molar-refractivity contribution in [2.75, 3.05) is 26.7 Å². The topological polar surface area (TPSA) is 84.6 Å². The van der Waals surface area contributed by atoms with Gasteiger partial charge in [-0.1, -0.05) is 11.2 Å². The number of likely N-dealkylation sites (tertiary alicyclic amines) is 2. The Hall–Kier alpha value is -2.32. The molecule has 0 saturated carbocycles. The lowest BCUT2D eigenvalue weighted by Crippen LogP contribution is -2.53. The van der Waals surface area contributed by atoms with Crippen LogP contribution in [0.2, 0.25) is 0 Å². The molecule has 2 aliphatic heterocycles. The van der Waals surface area contributed by atoms with Gasteiger partial charge >= 0.3 is 0 Å². The molecular weight excluding hydrogens is 358 g/mol. The Balaban J connectivity index is 1.40. The van der Waals surface area contributed by atoms with Gasteiger partial charge in [-0.2, -0.15) is 4.98 Å². The average molecular weight is 385 g/mol. The van der Waals surface area contributed by atoms with Crippen LogP contribution in [0.3, 0.4) is 0 Å². The van der Waals surface area contributed by atoms with E-state index in [0.29, 0.717) is 37.8 Å². The highest BCUT2D eigenvalue weighted by Gasteiger charge is 2.41. The summed E-state index contributed by atoms with van der Waals surface area (Å²) in [7, 11) is 1.62. The molecule has 2 aliphatic rings. The highest BCUT2D eigenvalue weighted by atomic mass is 16.5. The number of piperidine rings is 2. The molecule has 1 unspecified atom stereocenters. The second kappa shape index (κ2) is 8.36. The zero-order valence-corrected chi connectivity index (χ0v) is 16.3. The summed E-state index contributed by atoms with van der Waals surface area (Å²) in [5, 5.41) is 3.95. The molecule has 28 heavy (non-hydrogen) atoms. The summed E-state index contributed by atoms with van der Waals surface area (Å²) in [5.41, 5.74) is 1.08. The highest BCUT2D eigenvalue weighted by Crippen LogP contribution is 2.39. The Morgan fingerprint density at radius 3 is 3.00 bits per heavy atom. The number of nitrogens with zero attached hydrogens (tertiary/aromatic N) is 5. The van der Waals surface area contributed by atoms with Crippen LogP contribution in [-0.2, 0) is 29.2 Å². The molecule has 1 spiro atoms. The Kier molecular flexibility index (Phi) is 5.68. The van der Waals surface area contributed by atoms with E-state index in [0.717, 1.165) is 44.6 Å². The fraction of sp³-hybridized carbons (Fsp3) is 0.600. The van der Waals surface area contributed by atoms with E-state index in [1.54, 1.807) is 13.3 Å². The van der Waals surface area contributed by atoms with Crippen molar-refractivity contribution in [1.29, 1.82) is 0 Å². The van der Waals surface area contributed by atoms with Gasteiger partial charge < -0.3 is 14.2 Å². The van der Waals surface area contributed by atoms with Gasteiger partial charge in [0, 0.05) is 38.2 Å². The lowest BCUT2D eigenvalue weighted by atomic mass is 9.73. The van der Waals surface area contributed by atoms with Crippen LogP contribution >= 0.6 is 0 Å². The lowest BCUT2D eigenvalue weighted by Gasteiger charge is -2.48. The van der Waals surface area contributed by atoms with E-state index in [1.807, 2.05) is 23.1 Å². The zero-order valence-electron chi connectivity index (χ0n) is 16.3. The van der Waals surface area contributed by atoms with Gasteiger partial charge in [0.15, 0.2) is 5.82 Å². The third-order valence-corrected chi connectivity index (χ3v) is 5.71. The minimum absolute atomic E-state index is 0.135. The quantitative estimate of drug-likeness (QED) is 0.752. The maximum absolute atomic E-state index is 12.5. The second-order valence-electron chi connectivity index (χ2n) is 7.92. The van der Waals surface area contributed by atoms with Crippen molar-refractivity contribution >= 4 is 5.91 Å². The number of carbonyl (C=O) groups excluding carboxylic acids is 1. The van der Waals surface area contributed by atoms with Gasteiger partial charge in [-0.05, 0) is 37.9 Å². The van der Waals surface area contributed by atoms with Crippen molar-refractivity contribution in [1.82, 2.24) is 24.9 Å². The first-order valence-electron chi connectivity index (χ1n) is 9.86. The molecular formula is C20H27N5O3. The molecule has 4 heterocycles. The first-order chi connectivity index (χ1) is 13.7. The third kappa shape index (κ3) is 4.39. The summed E-state index contributed by atoms with van der Waals surface area (Å²) in [6, 6.07) is 5.85. The number of amides is 1. The van der Waals surface area contributed by atoms with Gasteiger partial charge in [0.1, 0.15) is 6.61 Å². The van der Waals surface area contributed by atoms with Crippen molar-refractivity contribution in [2.24, 2.45) is 5.41 Å². The minimum Gasteiger partial charge on any atom is -0.377 e. The molecule has 2 saturated heterocycles. The van der Waals surface area contributed by atoms with Crippen molar-refractivity contribution in [2.45, 2.75) is 45.4 Å². The zero-order chi connectivity index (χ0) is 19.4. The molecule has 0 radical (unpaired) electrons. The van der Waals surface area contributed by atoms with E-state index < -0.39 is 0 Å². The van der Waals surface area contributed by atoms with Gasteiger partial charge in [0.25, 0.3) is 0 Å². The van der Waals surface area contributed by atoms with Crippen LogP contribution in [0.5, 0.6) is 0 Å². The summed E-state index contributed by atoms with van der Waals surface area (Å²) in [5.74, 6) is 1.44. The molecule has 2 aromatic rings. The lowest BCUT2D eigenvalue weighted by molar-refractivity contribution is -0.140. The minimum atomic E-state index is 0.135. The number of aromatic nitrogens is 3. The number of rotatable bonds is 6. The van der Waals surface area contributed by atoms with E-state index in [1.165, 1.54) is 0 Å². The Morgan fingerprint density at radius 1 is 1.25 bits per heavy atom. The highest BCUT2D eigenvalue weighted by molar-refractivity contribution is 5.77. The maximum Gasteiger partial charge on any atom is 0.240 e. The van der Waals surface area contributed by atoms with Crippen LogP contribution in [0, 0.1) is 5.41 Å². The first-order valence-corrected chi connectivity index (χ1v) is 9.86. The van der Waals surface area contributed by atoms with Gasteiger partial charge in [0.05, 0.1) is 18.8 Å². The molecule has 150 valence electrons. The smallest absolute Gasteiger partial charge is 0.240 e. The van der Waals surface area contributed by atoms with Crippen molar-refractivity contribution < 1.29 is 14.1 Å². The molecule has 2 aromatic heterocycles. The average Bonchev–Trinajstić information content (AvgIpc) is 3.13. The molecule has 0 N–H and O–H groups in total. The monoisotopic (exact) mass is 385 g/mol. The molecule has 0 aliphatic carbocycles. The Bertz CT molecular complexity index is 796. The number of carbonyl (C=O) groups is 1. The summed E-state index contributed by atoms with van der Waals surface area (Å²) in [4.78, 5) is 25.6. The molecule has 1 amide bonds. The summed E-state index contributed by atoms with van der Waals surface area (Å²) >= 11 is 0. The molecule has 0 bridgehead atoms. The van der Waals surface area contributed by atoms with Crippen LogP contribution < -0.4 is 0 Å². The largest absolute Gasteiger partial charge is 0.377 e.